The second kappa shape index (κ2) is 4.55. The number of nitrogens with one attached hydrogen (secondary N) is 1. The molecule has 0 saturated carbocycles. The van der Waals surface area contributed by atoms with Crippen LogP contribution in [0.25, 0.3) is 0 Å². The van der Waals surface area contributed by atoms with Gasteiger partial charge in [0.05, 0.1) is 6.61 Å². The summed E-state index contributed by atoms with van der Waals surface area (Å²) in [6, 6.07) is 4.24. The zero-order valence-electron chi connectivity index (χ0n) is 9.99. The maximum atomic E-state index is 5.62. The van der Waals surface area contributed by atoms with Crippen LogP contribution < -0.4 is 14.8 Å². The average Bonchev–Trinajstić information content (AvgIpc) is 3.00. The lowest BCUT2D eigenvalue weighted by atomic mass is 9.95. The lowest BCUT2D eigenvalue weighted by Gasteiger charge is -2.13. The van der Waals surface area contributed by atoms with Gasteiger partial charge in [-0.05, 0) is 13.0 Å². The van der Waals surface area contributed by atoms with Crippen molar-refractivity contribution in [3.05, 3.63) is 23.3 Å². The van der Waals surface area contributed by atoms with E-state index in [2.05, 4.69) is 17.4 Å². The SMILES string of the molecule is COCc1ccc(C2CCNC2)c2c1OCO2. The van der Waals surface area contributed by atoms with Crippen molar-refractivity contribution >= 4 is 0 Å². The summed E-state index contributed by atoms with van der Waals surface area (Å²) in [5, 5.41) is 3.38. The highest BCUT2D eigenvalue weighted by Crippen LogP contribution is 2.43. The molecule has 0 aromatic heterocycles. The molecule has 1 fully saturated rings. The van der Waals surface area contributed by atoms with Crippen molar-refractivity contribution in [2.24, 2.45) is 0 Å². The molecule has 2 aliphatic rings. The Morgan fingerprint density at radius 3 is 3.00 bits per heavy atom. The van der Waals surface area contributed by atoms with Gasteiger partial charge in [0, 0.05) is 30.7 Å². The molecule has 2 heterocycles. The number of methoxy groups -OCH3 is 1. The van der Waals surface area contributed by atoms with Gasteiger partial charge in [-0.3, -0.25) is 0 Å². The van der Waals surface area contributed by atoms with Crippen molar-refractivity contribution in [3.8, 4) is 11.5 Å². The van der Waals surface area contributed by atoms with Gasteiger partial charge in [-0.1, -0.05) is 12.1 Å². The van der Waals surface area contributed by atoms with Crippen molar-refractivity contribution in [1.29, 1.82) is 0 Å². The van der Waals surface area contributed by atoms with Crippen LogP contribution in [0, 0.1) is 0 Å². The van der Waals surface area contributed by atoms with Gasteiger partial charge < -0.3 is 19.5 Å². The van der Waals surface area contributed by atoms with Gasteiger partial charge in [0.2, 0.25) is 6.79 Å². The maximum Gasteiger partial charge on any atom is 0.231 e. The third-order valence-corrected chi connectivity index (χ3v) is 3.43. The normalized spacial score (nSPS) is 22.1. The quantitative estimate of drug-likeness (QED) is 0.864. The van der Waals surface area contributed by atoms with E-state index in [1.807, 2.05) is 0 Å². The molecule has 0 radical (unpaired) electrons. The van der Waals surface area contributed by atoms with Gasteiger partial charge in [0.1, 0.15) is 0 Å². The van der Waals surface area contributed by atoms with Crippen LogP contribution in [0.15, 0.2) is 12.1 Å². The Kier molecular flexibility index (Phi) is 2.91. The molecule has 0 amide bonds. The van der Waals surface area contributed by atoms with Gasteiger partial charge in [-0.25, -0.2) is 0 Å². The Hall–Kier alpha value is -1.26. The van der Waals surface area contributed by atoms with E-state index in [-0.39, 0.29) is 0 Å². The van der Waals surface area contributed by atoms with E-state index in [9.17, 15) is 0 Å². The van der Waals surface area contributed by atoms with Crippen molar-refractivity contribution in [2.45, 2.75) is 18.9 Å². The first-order chi connectivity index (χ1) is 8.40. The van der Waals surface area contributed by atoms with Gasteiger partial charge in [-0.2, -0.15) is 0 Å². The van der Waals surface area contributed by atoms with Crippen molar-refractivity contribution in [2.75, 3.05) is 27.0 Å². The predicted octanol–water partition coefficient (Wildman–Crippen LogP) is 1.64. The van der Waals surface area contributed by atoms with Gasteiger partial charge in [0.15, 0.2) is 11.5 Å². The highest BCUT2D eigenvalue weighted by atomic mass is 16.7. The zero-order valence-corrected chi connectivity index (χ0v) is 9.99. The molecule has 92 valence electrons. The lowest BCUT2D eigenvalue weighted by Crippen LogP contribution is -2.08. The Balaban J connectivity index is 1.97. The summed E-state index contributed by atoms with van der Waals surface area (Å²) in [5.41, 5.74) is 2.33. The van der Waals surface area contributed by atoms with Crippen LogP contribution in [0.3, 0.4) is 0 Å². The Morgan fingerprint density at radius 1 is 1.35 bits per heavy atom. The summed E-state index contributed by atoms with van der Waals surface area (Å²) < 4.78 is 16.4. The molecule has 17 heavy (non-hydrogen) atoms. The van der Waals surface area contributed by atoms with E-state index in [4.69, 9.17) is 14.2 Å². The van der Waals surface area contributed by atoms with Crippen molar-refractivity contribution < 1.29 is 14.2 Å². The first-order valence-corrected chi connectivity index (χ1v) is 6.01. The molecule has 1 aromatic rings. The number of fused-ring (bicyclic) bond motifs is 1. The van der Waals surface area contributed by atoms with E-state index in [0.29, 0.717) is 19.3 Å². The van der Waals surface area contributed by atoms with Gasteiger partial charge in [0.25, 0.3) is 0 Å². The zero-order chi connectivity index (χ0) is 11.7. The summed E-state index contributed by atoms with van der Waals surface area (Å²) in [6.07, 6.45) is 1.17. The Labute approximate surface area is 101 Å². The smallest absolute Gasteiger partial charge is 0.231 e. The van der Waals surface area contributed by atoms with Crippen LogP contribution in [0.4, 0.5) is 0 Å². The standard InChI is InChI=1S/C13H17NO3/c1-15-7-10-2-3-11(9-4-5-14-6-9)13-12(10)16-8-17-13/h2-3,9,14H,4-8H2,1H3. The molecule has 1 unspecified atom stereocenters. The van der Waals surface area contributed by atoms with Crippen molar-refractivity contribution in [1.82, 2.24) is 5.32 Å². The van der Waals surface area contributed by atoms with Crippen molar-refractivity contribution in [3.63, 3.8) is 0 Å². The average molecular weight is 235 g/mol. The number of ether oxygens (including phenoxy) is 3. The van der Waals surface area contributed by atoms with E-state index in [0.717, 1.165) is 30.2 Å². The molecule has 4 heteroatoms. The Bertz CT molecular complexity index is 413. The van der Waals surface area contributed by atoms with E-state index in [1.54, 1.807) is 7.11 Å². The number of rotatable bonds is 3. The van der Waals surface area contributed by atoms with Crippen LogP contribution in [-0.2, 0) is 11.3 Å². The molecular formula is C13H17NO3. The third-order valence-electron chi connectivity index (χ3n) is 3.43. The topological polar surface area (TPSA) is 39.7 Å². The number of hydrogen-bond acceptors (Lipinski definition) is 4. The lowest BCUT2D eigenvalue weighted by molar-refractivity contribution is 0.162. The van der Waals surface area contributed by atoms with Crippen LogP contribution in [0.5, 0.6) is 11.5 Å². The third kappa shape index (κ3) is 1.87. The summed E-state index contributed by atoms with van der Waals surface area (Å²) in [7, 11) is 1.69. The molecular weight excluding hydrogens is 218 g/mol. The van der Waals surface area contributed by atoms with E-state index in [1.165, 1.54) is 12.0 Å². The van der Waals surface area contributed by atoms with E-state index >= 15 is 0 Å². The predicted molar refractivity (Wildman–Crippen MR) is 63.5 cm³/mol. The molecule has 3 rings (SSSR count). The number of benzene rings is 1. The summed E-state index contributed by atoms with van der Waals surface area (Å²) in [4.78, 5) is 0. The second-order valence-corrected chi connectivity index (χ2v) is 4.50. The summed E-state index contributed by atoms with van der Waals surface area (Å²) >= 11 is 0. The molecule has 1 aromatic carbocycles. The molecule has 1 saturated heterocycles. The minimum Gasteiger partial charge on any atom is -0.453 e. The minimum absolute atomic E-state index is 0.323. The molecule has 4 nitrogen and oxygen atoms in total. The summed E-state index contributed by atoms with van der Waals surface area (Å²) in [6.45, 7) is 3.00. The molecule has 0 spiro atoms. The second-order valence-electron chi connectivity index (χ2n) is 4.50. The van der Waals surface area contributed by atoms with Crippen LogP contribution in [-0.4, -0.2) is 27.0 Å². The fourth-order valence-electron chi connectivity index (χ4n) is 2.58. The number of hydrogen-bond donors (Lipinski definition) is 1. The highest BCUT2D eigenvalue weighted by molar-refractivity contribution is 5.54. The van der Waals surface area contributed by atoms with Crippen LogP contribution in [0.2, 0.25) is 0 Å². The monoisotopic (exact) mass is 235 g/mol. The van der Waals surface area contributed by atoms with Gasteiger partial charge in [-0.15, -0.1) is 0 Å². The molecule has 0 aliphatic carbocycles. The first-order valence-electron chi connectivity index (χ1n) is 6.01. The molecule has 0 bridgehead atoms. The molecule has 2 aliphatic heterocycles. The Morgan fingerprint density at radius 2 is 2.24 bits per heavy atom. The largest absolute Gasteiger partial charge is 0.453 e. The summed E-state index contributed by atoms with van der Waals surface area (Å²) in [5.74, 6) is 2.34. The minimum atomic E-state index is 0.323. The molecule has 1 atom stereocenters. The van der Waals surface area contributed by atoms with E-state index < -0.39 is 0 Å². The van der Waals surface area contributed by atoms with Gasteiger partial charge >= 0.3 is 0 Å². The van der Waals surface area contributed by atoms with Crippen LogP contribution in [0.1, 0.15) is 23.5 Å². The fraction of sp³-hybridized carbons (Fsp3) is 0.538. The van der Waals surface area contributed by atoms with Crippen LogP contribution >= 0.6 is 0 Å². The maximum absolute atomic E-state index is 5.62. The molecule has 1 N–H and O–H groups in total. The first kappa shape index (κ1) is 10.9. The fourth-order valence-corrected chi connectivity index (χ4v) is 2.58. The highest BCUT2D eigenvalue weighted by Gasteiger charge is 2.27.